The second-order valence-corrected chi connectivity index (χ2v) is 3.51. The van der Waals surface area contributed by atoms with Crippen LogP contribution in [0.4, 0.5) is 0 Å². The highest BCUT2D eigenvalue weighted by Crippen LogP contribution is 2.05. The first-order valence-corrected chi connectivity index (χ1v) is 4.89. The summed E-state index contributed by atoms with van der Waals surface area (Å²) in [6.45, 7) is 6.26. The minimum absolute atomic E-state index is 0.577. The van der Waals surface area contributed by atoms with Gasteiger partial charge in [-0.25, -0.2) is 0 Å². The molecule has 1 aromatic rings. The van der Waals surface area contributed by atoms with Crippen LogP contribution in [0.3, 0.4) is 0 Å². The summed E-state index contributed by atoms with van der Waals surface area (Å²) in [6, 6.07) is 3.74. The molecule has 0 saturated heterocycles. The lowest BCUT2D eigenvalue weighted by atomic mass is 10.2. The number of ether oxygens (including phenoxy) is 2. The molecule has 0 aliphatic rings. The van der Waals surface area contributed by atoms with Gasteiger partial charge < -0.3 is 9.47 Å². The quantitative estimate of drug-likeness (QED) is 0.652. The average Bonchev–Trinajstić information content (AvgIpc) is 2.18. The van der Waals surface area contributed by atoms with Crippen molar-refractivity contribution in [1.82, 2.24) is 4.98 Å². The van der Waals surface area contributed by atoms with Crippen molar-refractivity contribution in [1.29, 1.82) is 0 Å². The van der Waals surface area contributed by atoms with Gasteiger partial charge in [-0.05, 0) is 18.1 Å². The molecule has 0 atom stereocenters. The summed E-state index contributed by atoms with van der Waals surface area (Å²) in [5.74, 6) is 1.37. The second-order valence-electron chi connectivity index (χ2n) is 3.51. The topological polar surface area (TPSA) is 31.4 Å². The Bertz CT molecular complexity index is 236. The normalized spacial score (nSPS) is 10.5. The van der Waals surface area contributed by atoms with E-state index in [9.17, 15) is 0 Å². The summed E-state index contributed by atoms with van der Waals surface area (Å²) in [6.07, 6.45) is 3.42. The molecule has 1 aromatic heterocycles. The van der Waals surface area contributed by atoms with Gasteiger partial charge in [0.2, 0.25) is 0 Å². The molecular weight excluding hydrogens is 178 g/mol. The van der Waals surface area contributed by atoms with Gasteiger partial charge in [0.25, 0.3) is 0 Å². The van der Waals surface area contributed by atoms with E-state index in [1.165, 1.54) is 0 Å². The van der Waals surface area contributed by atoms with Crippen LogP contribution < -0.4 is 4.74 Å². The van der Waals surface area contributed by atoms with Crippen molar-refractivity contribution in [3.05, 3.63) is 24.5 Å². The first kappa shape index (κ1) is 11.0. The molecule has 0 spiro atoms. The second kappa shape index (κ2) is 6.38. The van der Waals surface area contributed by atoms with Crippen molar-refractivity contribution in [2.24, 2.45) is 5.92 Å². The van der Waals surface area contributed by atoms with Crippen LogP contribution in [0.5, 0.6) is 5.75 Å². The monoisotopic (exact) mass is 195 g/mol. The van der Waals surface area contributed by atoms with Crippen molar-refractivity contribution >= 4 is 0 Å². The van der Waals surface area contributed by atoms with E-state index in [1.807, 2.05) is 12.1 Å². The smallest absolute Gasteiger partial charge is 0.137 e. The summed E-state index contributed by atoms with van der Waals surface area (Å²) in [5, 5.41) is 0. The van der Waals surface area contributed by atoms with Gasteiger partial charge in [-0.2, -0.15) is 0 Å². The van der Waals surface area contributed by atoms with Gasteiger partial charge >= 0.3 is 0 Å². The lowest BCUT2D eigenvalue weighted by Crippen LogP contribution is -2.10. The molecule has 1 rings (SSSR count). The molecule has 3 heteroatoms. The van der Waals surface area contributed by atoms with Gasteiger partial charge in [-0.1, -0.05) is 13.8 Å². The highest BCUT2D eigenvalue weighted by molar-refractivity contribution is 5.15. The molecule has 0 amide bonds. The molecule has 0 aliphatic carbocycles. The van der Waals surface area contributed by atoms with Gasteiger partial charge in [-0.3, -0.25) is 4.98 Å². The van der Waals surface area contributed by atoms with Crippen LogP contribution in [0.1, 0.15) is 13.8 Å². The molecule has 14 heavy (non-hydrogen) atoms. The number of nitrogens with zero attached hydrogens (tertiary/aromatic N) is 1. The fraction of sp³-hybridized carbons (Fsp3) is 0.545. The Morgan fingerprint density at radius 2 is 2.21 bits per heavy atom. The Labute approximate surface area is 85.1 Å². The lowest BCUT2D eigenvalue weighted by Gasteiger charge is -2.07. The maximum absolute atomic E-state index is 5.40. The molecule has 3 nitrogen and oxygen atoms in total. The van der Waals surface area contributed by atoms with Gasteiger partial charge in [0.05, 0.1) is 12.8 Å². The highest BCUT2D eigenvalue weighted by Gasteiger charge is 1.94. The third-order valence-electron chi connectivity index (χ3n) is 1.58. The van der Waals surface area contributed by atoms with Gasteiger partial charge in [0.1, 0.15) is 12.4 Å². The number of hydrogen-bond donors (Lipinski definition) is 0. The van der Waals surface area contributed by atoms with Crippen LogP contribution in [0.2, 0.25) is 0 Å². The lowest BCUT2D eigenvalue weighted by molar-refractivity contribution is 0.0818. The Morgan fingerprint density at radius 3 is 2.86 bits per heavy atom. The minimum atomic E-state index is 0.577. The zero-order valence-corrected chi connectivity index (χ0v) is 8.77. The van der Waals surface area contributed by atoms with Crippen molar-refractivity contribution in [3.8, 4) is 5.75 Å². The predicted molar refractivity (Wildman–Crippen MR) is 55.4 cm³/mol. The van der Waals surface area contributed by atoms with Gasteiger partial charge in [0, 0.05) is 12.8 Å². The van der Waals surface area contributed by atoms with E-state index in [1.54, 1.807) is 12.4 Å². The first-order chi connectivity index (χ1) is 6.79. The molecule has 0 aliphatic heterocycles. The number of hydrogen-bond acceptors (Lipinski definition) is 3. The molecule has 0 saturated carbocycles. The van der Waals surface area contributed by atoms with Crippen LogP contribution in [0.15, 0.2) is 24.5 Å². The summed E-state index contributed by atoms with van der Waals surface area (Å²) in [7, 11) is 0. The third kappa shape index (κ3) is 4.82. The maximum Gasteiger partial charge on any atom is 0.137 e. The predicted octanol–water partition coefficient (Wildman–Crippen LogP) is 2.13. The van der Waals surface area contributed by atoms with Crippen molar-refractivity contribution in [2.75, 3.05) is 19.8 Å². The average molecular weight is 195 g/mol. The first-order valence-electron chi connectivity index (χ1n) is 4.89. The minimum Gasteiger partial charge on any atom is -0.490 e. The molecule has 0 N–H and O–H groups in total. The van der Waals surface area contributed by atoms with Crippen molar-refractivity contribution < 1.29 is 9.47 Å². The van der Waals surface area contributed by atoms with Gasteiger partial charge in [0.15, 0.2) is 0 Å². The van der Waals surface area contributed by atoms with Crippen LogP contribution in [0.25, 0.3) is 0 Å². The number of rotatable bonds is 6. The van der Waals surface area contributed by atoms with E-state index in [-0.39, 0.29) is 0 Å². The third-order valence-corrected chi connectivity index (χ3v) is 1.58. The molecule has 1 heterocycles. The molecule has 78 valence electrons. The van der Waals surface area contributed by atoms with E-state index < -0.39 is 0 Å². The Balaban J connectivity index is 2.05. The molecular formula is C11H17NO2. The summed E-state index contributed by atoms with van der Waals surface area (Å²) < 4.78 is 10.8. The van der Waals surface area contributed by atoms with E-state index in [0.29, 0.717) is 19.1 Å². The fourth-order valence-electron chi connectivity index (χ4n) is 0.970. The van der Waals surface area contributed by atoms with Crippen LogP contribution >= 0.6 is 0 Å². The maximum atomic E-state index is 5.40. The van der Waals surface area contributed by atoms with Crippen LogP contribution in [0, 0.1) is 5.92 Å². The molecule has 0 bridgehead atoms. The van der Waals surface area contributed by atoms with E-state index in [0.717, 1.165) is 12.4 Å². The standard InChI is InChI=1S/C11H17NO2/c1-10(2)9-13-6-7-14-11-4-3-5-12-8-11/h3-5,8,10H,6-7,9H2,1-2H3. The fourth-order valence-corrected chi connectivity index (χ4v) is 0.970. The van der Waals surface area contributed by atoms with E-state index >= 15 is 0 Å². The van der Waals surface area contributed by atoms with Crippen molar-refractivity contribution in [3.63, 3.8) is 0 Å². The largest absolute Gasteiger partial charge is 0.490 e. The van der Waals surface area contributed by atoms with Crippen LogP contribution in [-0.4, -0.2) is 24.8 Å². The summed E-state index contributed by atoms with van der Waals surface area (Å²) >= 11 is 0. The Hall–Kier alpha value is -1.09. The number of aromatic nitrogens is 1. The molecule has 0 unspecified atom stereocenters. The summed E-state index contributed by atoms with van der Waals surface area (Å²) in [5.41, 5.74) is 0. The van der Waals surface area contributed by atoms with Crippen LogP contribution in [-0.2, 0) is 4.74 Å². The zero-order valence-electron chi connectivity index (χ0n) is 8.77. The SMILES string of the molecule is CC(C)COCCOc1cccnc1. The van der Waals surface area contributed by atoms with Gasteiger partial charge in [-0.15, -0.1) is 0 Å². The summed E-state index contributed by atoms with van der Waals surface area (Å²) in [4.78, 5) is 3.95. The van der Waals surface area contributed by atoms with E-state index in [4.69, 9.17) is 9.47 Å². The highest BCUT2D eigenvalue weighted by atomic mass is 16.5. The van der Waals surface area contributed by atoms with E-state index in [2.05, 4.69) is 18.8 Å². The molecule has 0 aromatic carbocycles. The Morgan fingerprint density at radius 1 is 1.36 bits per heavy atom. The molecule has 0 radical (unpaired) electrons. The zero-order chi connectivity index (χ0) is 10.2. The van der Waals surface area contributed by atoms with Crippen molar-refractivity contribution in [2.45, 2.75) is 13.8 Å². The molecule has 0 fully saturated rings. The Kier molecular flexibility index (Phi) is 5.00. The number of pyridine rings is 1.